The molecule has 1 aliphatic heterocycles. The van der Waals surface area contributed by atoms with E-state index in [1.165, 1.54) is 29.6 Å². The van der Waals surface area contributed by atoms with Gasteiger partial charge >= 0.3 is 0 Å². The lowest BCUT2D eigenvalue weighted by molar-refractivity contribution is -0.168. The smallest absolute Gasteiger partial charge is 0.173 e. The number of carbonyl (C=O) groups excluding carboxylic acids is 1. The molecule has 0 N–H and O–H groups in total. The van der Waals surface area contributed by atoms with Crippen LogP contribution < -0.4 is 0 Å². The molecular formula is C24H30O3. The fraction of sp³-hybridized carbons (Fsp3) is 0.708. The van der Waals surface area contributed by atoms with Crippen LogP contribution in [0, 0.1) is 41.4 Å². The van der Waals surface area contributed by atoms with E-state index in [1.54, 1.807) is 6.92 Å². The maximum atomic E-state index is 12.3. The maximum absolute atomic E-state index is 12.3. The third kappa shape index (κ3) is 2.46. The minimum atomic E-state index is -0.473. The number of carbonyl (C=O) groups is 1. The molecule has 5 aliphatic rings. The molecular weight excluding hydrogens is 336 g/mol. The molecule has 3 heteroatoms. The van der Waals surface area contributed by atoms with Gasteiger partial charge in [0.05, 0.1) is 19.1 Å². The zero-order valence-electron chi connectivity index (χ0n) is 16.6. The first-order chi connectivity index (χ1) is 13.0. The Labute approximate surface area is 162 Å². The molecule has 0 amide bonds. The minimum Gasteiger partial charge on any atom is -0.347 e. The second-order valence-corrected chi connectivity index (χ2v) is 9.59. The molecule has 27 heavy (non-hydrogen) atoms. The normalized spacial score (nSPS) is 42.2. The Morgan fingerprint density at radius 3 is 2.74 bits per heavy atom. The third-order valence-electron chi connectivity index (χ3n) is 8.36. The van der Waals surface area contributed by atoms with Crippen LogP contribution in [0.1, 0.15) is 58.8 Å². The summed E-state index contributed by atoms with van der Waals surface area (Å²) in [5.74, 6) is 4.49. The van der Waals surface area contributed by atoms with Crippen LogP contribution in [0.25, 0.3) is 0 Å². The molecule has 3 nitrogen and oxygen atoms in total. The van der Waals surface area contributed by atoms with Crippen molar-refractivity contribution < 1.29 is 14.3 Å². The fourth-order valence-corrected chi connectivity index (χ4v) is 7.22. The van der Waals surface area contributed by atoms with Crippen molar-refractivity contribution in [1.29, 1.82) is 0 Å². The summed E-state index contributed by atoms with van der Waals surface area (Å²) in [5, 5.41) is 0. The monoisotopic (exact) mass is 366 g/mol. The molecule has 1 heterocycles. The Morgan fingerprint density at radius 1 is 1.26 bits per heavy atom. The Kier molecular flexibility index (Phi) is 3.98. The molecule has 2 fully saturated rings. The van der Waals surface area contributed by atoms with Gasteiger partial charge in [-0.1, -0.05) is 24.5 Å². The molecule has 0 bridgehead atoms. The number of hydrogen-bond donors (Lipinski definition) is 0. The Bertz CT molecular complexity index is 776. The molecule has 5 atom stereocenters. The number of fused-ring (bicyclic) bond motifs is 4. The van der Waals surface area contributed by atoms with E-state index in [0.29, 0.717) is 30.8 Å². The van der Waals surface area contributed by atoms with Gasteiger partial charge in [0.2, 0.25) is 0 Å². The first-order valence-electron chi connectivity index (χ1n) is 10.6. The summed E-state index contributed by atoms with van der Waals surface area (Å²) in [7, 11) is 0. The van der Waals surface area contributed by atoms with E-state index in [2.05, 4.69) is 18.9 Å². The maximum Gasteiger partial charge on any atom is 0.173 e. The van der Waals surface area contributed by atoms with Gasteiger partial charge in [-0.2, -0.15) is 0 Å². The SMILES string of the molecule is C#C[C@H]1CC2(CC3=C1C1=CC[C@]4(C)[C@@H](C(C)=O)CC[C@H]4[C@@H]1CC3)OCCO2. The third-order valence-corrected chi connectivity index (χ3v) is 8.36. The zero-order valence-corrected chi connectivity index (χ0v) is 16.6. The van der Waals surface area contributed by atoms with Crippen molar-refractivity contribution in [2.75, 3.05) is 13.2 Å². The Morgan fingerprint density at radius 2 is 2.04 bits per heavy atom. The number of terminal acetylenes is 1. The number of ketones is 1. The average Bonchev–Trinajstić information content (AvgIpc) is 3.24. The van der Waals surface area contributed by atoms with Gasteiger partial charge in [-0.15, -0.1) is 6.42 Å². The van der Waals surface area contributed by atoms with Gasteiger partial charge in [0.25, 0.3) is 0 Å². The molecule has 0 unspecified atom stereocenters. The molecule has 1 saturated heterocycles. The molecule has 144 valence electrons. The lowest BCUT2D eigenvalue weighted by Crippen LogP contribution is -2.44. The van der Waals surface area contributed by atoms with Crippen molar-refractivity contribution >= 4 is 5.78 Å². The summed E-state index contributed by atoms with van der Waals surface area (Å²) in [5.41, 5.74) is 4.56. The highest BCUT2D eigenvalue weighted by molar-refractivity contribution is 5.79. The van der Waals surface area contributed by atoms with Crippen LogP contribution in [0.5, 0.6) is 0 Å². The van der Waals surface area contributed by atoms with Crippen LogP contribution in [0.2, 0.25) is 0 Å². The van der Waals surface area contributed by atoms with E-state index in [9.17, 15) is 4.79 Å². The number of ether oxygens (including phenoxy) is 2. The summed E-state index contributed by atoms with van der Waals surface area (Å²) >= 11 is 0. The van der Waals surface area contributed by atoms with Crippen molar-refractivity contribution in [3.8, 4) is 12.3 Å². The highest BCUT2D eigenvalue weighted by Crippen LogP contribution is 2.62. The van der Waals surface area contributed by atoms with Crippen LogP contribution in [0.15, 0.2) is 22.8 Å². The minimum absolute atomic E-state index is 0.0928. The van der Waals surface area contributed by atoms with Crippen LogP contribution in [-0.4, -0.2) is 24.8 Å². The molecule has 0 aromatic carbocycles. The van der Waals surface area contributed by atoms with Gasteiger partial charge in [0.1, 0.15) is 5.78 Å². The van der Waals surface area contributed by atoms with Crippen LogP contribution in [-0.2, 0) is 14.3 Å². The summed E-state index contributed by atoms with van der Waals surface area (Å²) in [4.78, 5) is 12.3. The summed E-state index contributed by atoms with van der Waals surface area (Å²) < 4.78 is 12.0. The largest absolute Gasteiger partial charge is 0.347 e. The molecule has 4 aliphatic carbocycles. The zero-order chi connectivity index (χ0) is 18.8. The fourth-order valence-electron chi connectivity index (χ4n) is 7.22. The second-order valence-electron chi connectivity index (χ2n) is 9.59. The molecule has 0 aromatic heterocycles. The highest BCUT2D eigenvalue weighted by Gasteiger charge is 2.55. The van der Waals surface area contributed by atoms with Gasteiger partial charge in [-0.3, -0.25) is 4.79 Å². The van der Waals surface area contributed by atoms with Crippen LogP contribution >= 0.6 is 0 Å². The number of allylic oxidation sites excluding steroid dienone is 3. The number of Topliss-reactive ketones (excluding diaryl/α,β-unsaturated/α-hetero) is 1. The molecule has 1 spiro atoms. The van der Waals surface area contributed by atoms with Crippen molar-refractivity contribution in [2.45, 2.75) is 64.6 Å². The van der Waals surface area contributed by atoms with Crippen molar-refractivity contribution in [2.24, 2.45) is 29.1 Å². The van der Waals surface area contributed by atoms with Crippen molar-refractivity contribution in [3.05, 3.63) is 22.8 Å². The van der Waals surface area contributed by atoms with Gasteiger partial charge in [-0.25, -0.2) is 0 Å². The van der Waals surface area contributed by atoms with Gasteiger partial charge in [-0.05, 0) is 67.4 Å². The Balaban J connectivity index is 1.53. The van der Waals surface area contributed by atoms with Crippen LogP contribution in [0.3, 0.4) is 0 Å². The van der Waals surface area contributed by atoms with Gasteiger partial charge < -0.3 is 9.47 Å². The lowest BCUT2D eigenvalue weighted by Gasteiger charge is -2.49. The lowest BCUT2D eigenvalue weighted by atomic mass is 9.56. The van der Waals surface area contributed by atoms with Gasteiger partial charge in [0, 0.05) is 18.8 Å². The quantitative estimate of drug-likeness (QED) is 0.644. The van der Waals surface area contributed by atoms with E-state index in [0.717, 1.165) is 32.1 Å². The summed E-state index contributed by atoms with van der Waals surface area (Å²) in [6.45, 7) is 5.51. The summed E-state index contributed by atoms with van der Waals surface area (Å²) in [6, 6.07) is 0. The molecule has 0 aromatic rings. The molecule has 1 saturated carbocycles. The predicted octanol–water partition coefficient (Wildman–Crippen LogP) is 4.43. The number of hydrogen-bond acceptors (Lipinski definition) is 3. The first-order valence-corrected chi connectivity index (χ1v) is 10.6. The second kappa shape index (κ2) is 6.06. The van der Waals surface area contributed by atoms with E-state index < -0.39 is 5.79 Å². The topological polar surface area (TPSA) is 35.5 Å². The van der Waals surface area contributed by atoms with Crippen molar-refractivity contribution in [1.82, 2.24) is 0 Å². The standard InChI is InChI=1S/C24H30O3/c1-4-16-13-24(26-11-12-27-24)14-17-5-6-18-19(22(16)17)9-10-23(3)20(15(2)25)7-8-21(18)23/h1,9,16,18,20-21H,5-8,10-14H2,2-3H3/t16-,18+,20+,21-,23+/m0/s1. The van der Waals surface area contributed by atoms with E-state index in [-0.39, 0.29) is 17.3 Å². The van der Waals surface area contributed by atoms with Crippen LogP contribution in [0.4, 0.5) is 0 Å². The van der Waals surface area contributed by atoms with Gasteiger partial charge in [0.15, 0.2) is 5.79 Å². The average molecular weight is 367 g/mol. The van der Waals surface area contributed by atoms with E-state index >= 15 is 0 Å². The molecule has 5 rings (SSSR count). The molecule has 0 radical (unpaired) electrons. The number of rotatable bonds is 1. The first kappa shape index (κ1) is 17.7. The van der Waals surface area contributed by atoms with E-state index in [1.807, 2.05) is 0 Å². The highest BCUT2D eigenvalue weighted by atomic mass is 16.7. The Hall–Kier alpha value is -1.37. The summed E-state index contributed by atoms with van der Waals surface area (Å²) in [6.07, 6.45) is 15.7. The predicted molar refractivity (Wildman–Crippen MR) is 104 cm³/mol. The van der Waals surface area contributed by atoms with Crippen molar-refractivity contribution in [3.63, 3.8) is 0 Å². The van der Waals surface area contributed by atoms with E-state index in [4.69, 9.17) is 15.9 Å².